The summed E-state index contributed by atoms with van der Waals surface area (Å²) < 4.78 is 5.33. The Kier molecular flexibility index (Phi) is 3.33. The summed E-state index contributed by atoms with van der Waals surface area (Å²) in [5.41, 5.74) is 0. The van der Waals surface area contributed by atoms with Crippen molar-refractivity contribution >= 4 is 21.8 Å². The first-order valence-corrected chi connectivity index (χ1v) is 4.64. The molecule has 0 aromatic carbocycles. The molecular formula is C7H12BrNO2. The maximum atomic E-state index is 11.1. The van der Waals surface area contributed by atoms with Gasteiger partial charge < -0.3 is 10.1 Å². The van der Waals surface area contributed by atoms with Crippen LogP contribution in [0.5, 0.6) is 0 Å². The average molecular weight is 222 g/mol. The lowest BCUT2D eigenvalue weighted by Crippen LogP contribution is -2.35. The third-order valence-electron chi connectivity index (χ3n) is 1.79. The van der Waals surface area contributed by atoms with Gasteiger partial charge in [-0.25, -0.2) is 0 Å². The normalized spacial score (nSPS) is 26.5. The third kappa shape index (κ3) is 2.17. The lowest BCUT2D eigenvalue weighted by molar-refractivity contribution is -0.121. The highest BCUT2D eigenvalue weighted by molar-refractivity contribution is 9.10. The van der Waals surface area contributed by atoms with Gasteiger partial charge in [0.15, 0.2) is 0 Å². The molecule has 0 radical (unpaired) electrons. The van der Waals surface area contributed by atoms with Crippen LogP contribution in [0.25, 0.3) is 0 Å². The summed E-state index contributed by atoms with van der Waals surface area (Å²) in [7, 11) is 1.63. The molecule has 2 atom stereocenters. The molecule has 11 heavy (non-hydrogen) atoms. The molecule has 3 nitrogen and oxygen atoms in total. The number of carbonyl (C=O) groups is 1. The molecule has 1 aliphatic heterocycles. The Morgan fingerprint density at radius 2 is 2.55 bits per heavy atom. The number of nitrogens with one attached hydrogen (secondary N) is 1. The van der Waals surface area contributed by atoms with Gasteiger partial charge >= 0.3 is 0 Å². The standard InChI is InChI=1S/C7H12BrNO2/c1-9-7(10)6(8)5-3-2-4-11-5/h5-6H,2-4H2,1H3,(H,9,10)/t5-,6-/m1/s1. The smallest absolute Gasteiger partial charge is 0.236 e. The number of halogens is 1. The van der Waals surface area contributed by atoms with Crippen molar-refractivity contribution in [1.82, 2.24) is 5.32 Å². The largest absolute Gasteiger partial charge is 0.377 e. The van der Waals surface area contributed by atoms with E-state index in [-0.39, 0.29) is 16.8 Å². The number of hydrogen-bond acceptors (Lipinski definition) is 2. The molecule has 0 aromatic heterocycles. The first-order chi connectivity index (χ1) is 5.25. The van der Waals surface area contributed by atoms with Gasteiger partial charge in [0, 0.05) is 13.7 Å². The molecule has 0 bridgehead atoms. The van der Waals surface area contributed by atoms with E-state index in [0.29, 0.717) is 0 Å². The van der Waals surface area contributed by atoms with Crippen molar-refractivity contribution in [2.45, 2.75) is 23.8 Å². The van der Waals surface area contributed by atoms with Crippen LogP contribution in [0.1, 0.15) is 12.8 Å². The summed E-state index contributed by atoms with van der Waals surface area (Å²) in [5, 5.41) is 2.58. The molecule has 0 saturated carbocycles. The van der Waals surface area contributed by atoms with E-state index in [0.717, 1.165) is 19.4 Å². The minimum atomic E-state index is -0.185. The number of alkyl halides is 1. The van der Waals surface area contributed by atoms with Crippen molar-refractivity contribution in [3.63, 3.8) is 0 Å². The highest BCUT2D eigenvalue weighted by Gasteiger charge is 2.28. The molecule has 1 N–H and O–H groups in total. The highest BCUT2D eigenvalue weighted by atomic mass is 79.9. The summed E-state index contributed by atoms with van der Waals surface area (Å²) in [5.74, 6) is -0.00287. The van der Waals surface area contributed by atoms with E-state index in [2.05, 4.69) is 21.2 Å². The van der Waals surface area contributed by atoms with Crippen LogP contribution in [0.2, 0.25) is 0 Å². The summed E-state index contributed by atoms with van der Waals surface area (Å²) >= 11 is 3.29. The quantitative estimate of drug-likeness (QED) is 0.697. The summed E-state index contributed by atoms with van der Waals surface area (Å²) in [6.45, 7) is 0.782. The van der Waals surface area contributed by atoms with Crippen LogP contribution in [0.15, 0.2) is 0 Å². The van der Waals surface area contributed by atoms with E-state index in [9.17, 15) is 4.79 Å². The second kappa shape index (κ2) is 4.07. The van der Waals surface area contributed by atoms with Crippen molar-refractivity contribution < 1.29 is 9.53 Å². The van der Waals surface area contributed by atoms with Crippen molar-refractivity contribution in [1.29, 1.82) is 0 Å². The summed E-state index contributed by atoms with van der Waals surface area (Å²) in [6, 6.07) is 0. The van der Waals surface area contributed by atoms with Crippen molar-refractivity contribution in [2.75, 3.05) is 13.7 Å². The fourth-order valence-corrected chi connectivity index (χ4v) is 1.79. The van der Waals surface area contributed by atoms with Crippen LogP contribution >= 0.6 is 15.9 Å². The van der Waals surface area contributed by atoms with E-state index < -0.39 is 0 Å². The van der Waals surface area contributed by atoms with Gasteiger partial charge in [0.05, 0.1) is 6.10 Å². The molecule has 1 aliphatic rings. The van der Waals surface area contributed by atoms with Gasteiger partial charge in [-0.1, -0.05) is 15.9 Å². The maximum absolute atomic E-state index is 11.1. The van der Waals surface area contributed by atoms with E-state index in [4.69, 9.17) is 4.74 Å². The fraction of sp³-hybridized carbons (Fsp3) is 0.857. The second-order valence-corrected chi connectivity index (χ2v) is 3.55. The number of rotatable bonds is 2. The fourth-order valence-electron chi connectivity index (χ4n) is 1.14. The molecule has 1 heterocycles. The Balaban J connectivity index is 2.39. The van der Waals surface area contributed by atoms with Crippen molar-refractivity contribution in [3.05, 3.63) is 0 Å². The van der Waals surface area contributed by atoms with E-state index in [1.54, 1.807) is 7.05 Å². The van der Waals surface area contributed by atoms with E-state index in [1.807, 2.05) is 0 Å². The third-order valence-corrected chi connectivity index (χ3v) is 2.79. The Hall–Kier alpha value is -0.0900. The average Bonchev–Trinajstić information content (AvgIpc) is 2.53. The van der Waals surface area contributed by atoms with Gasteiger partial charge in [0.2, 0.25) is 5.91 Å². The lowest BCUT2D eigenvalue weighted by atomic mass is 10.2. The molecule has 1 rings (SSSR count). The molecule has 0 aliphatic carbocycles. The number of amides is 1. The summed E-state index contributed by atoms with van der Waals surface area (Å²) in [4.78, 5) is 10.9. The van der Waals surface area contributed by atoms with Crippen molar-refractivity contribution in [2.24, 2.45) is 0 Å². The molecule has 4 heteroatoms. The minimum absolute atomic E-state index is 0.00287. The van der Waals surface area contributed by atoms with E-state index >= 15 is 0 Å². The lowest BCUT2D eigenvalue weighted by Gasteiger charge is -2.14. The Bertz CT molecular complexity index is 145. The van der Waals surface area contributed by atoms with Crippen LogP contribution in [0, 0.1) is 0 Å². The van der Waals surface area contributed by atoms with Gasteiger partial charge in [-0.3, -0.25) is 4.79 Å². The molecule has 0 spiro atoms. The van der Waals surface area contributed by atoms with Crippen LogP contribution in [-0.4, -0.2) is 30.5 Å². The van der Waals surface area contributed by atoms with E-state index in [1.165, 1.54) is 0 Å². The molecule has 64 valence electrons. The predicted molar refractivity (Wildman–Crippen MR) is 45.8 cm³/mol. The number of ether oxygens (including phenoxy) is 1. The Morgan fingerprint density at radius 1 is 1.82 bits per heavy atom. The zero-order valence-corrected chi connectivity index (χ0v) is 8.06. The SMILES string of the molecule is CNC(=O)[C@H](Br)[C@H]1CCCO1. The zero-order chi connectivity index (χ0) is 8.27. The van der Waals surface area contributed by atoms with Gasteiger partial charge in [0.1, 0.15) is 4.83 Å². The van der Waals surface area contributed by atoms with Crippen molar-refractivity contribution in [3.8, 4) is 0 Å². The minimum Gasteiger partial charge on any atom is -0.377 e. The number of carbonyl (C=O) groups excluding carboxylic acids is 1. The maximum Gasteiger partial charge on any atom is 0.236 e. The van der Waals surface area contributed by atoms with Crippen LogP contribution in [0.4, 0.5) is 0 Å². The molecule has 0 aromatic rings. The number of hydrogen-bond donors (Lipinski definition) is 1. The monoisotopic (exact) mass is 221 g/mol. The van der Waals surface area contributed by atoms with Gasteiger partial charge in [-0.2, -0.15) is 0 Å². The van der Waals surface area contributed by atoms with Gasteiger partial charge in [-0.05, 0) is 12.8 Å². The first-order valence-electron chi connectivity index (χ1n) is 3.73. The Morgan fingerprint density at radius 3 is 3.00 bits per heavy atom. The topological polar surface area (TPSA) is 38.3 Å². The Labute approximate surface area is 74.6 Å². The van der Waals surface area contributed by atoms with Crippen LogP contribution in [-0.2, 0) is 9.53 Å². The predicted octanol–water partition coefficient (Wildman–Crippen LogP) is 0.675. The zero-order valence-electron chi connectivity index (χ0n) is 6.47. The molecule has 1 amide bonds. The molecule has 1 fully saturated rings. The molecule has 0 unspecified atom stereocenters. The first kappa shape index (κ1) is 9.00. The highest BCUT2D eigenvalue weighted by Crippen LogP contribution is 2.20. The van der Waals surface area contributed by atoms with Gasteiger partial charge in [-0.15, -0.1) is 0 Å². The summed E-state index contributed by atoms with van der Waals surface area (Å²) in [6.07, 6.45) is 2.10. The van der Waals surface area contributed by atoms with Crippen LogP contribution < -0.4 is 5.32 Å². The second-order valence-electron chi connectivity index (χ2n) is 2.57. The van der Waals surface area contributed by atoms with Gasteiger partial charge in [0.25, 0.3) is 0 Å². The van der Waals surface area contributed by atoms with Crippen LogP contribution in [0.3, 0.4) is 0 Å². The molecular weight excluding hydrogens is 210 g/mol. The molecule has 1 saturated heterocycles.